The van der Waals surface area contributed by atoms with Gasteiger partial charge in [0.05, 0.1) is 19.8 Å². The van der Waals surface area contributed by atoms with E-state index in [0.717, 1.165) is 42.9 Å². The number of unbranched alkanes of at least 4 members (excludes halogenated alkanes) is 11. The summed E-state index contributed by atoms with van der Waals surface area (Å²) in [6.45, 7) is 17.7. The van der Waals surface area contributed by atoms with Crippen LogP contribution >= 0.6 is 0 Å². The molecular weight excluding hydrogens is 680 g/mol. The zero-order valence-corrected chi connectivity index (χ0v) is 36.6. The fourth-order valence-corrected chi connectivity index (χ4v) is 7.66. The van der Waals surface area contributed by atoms with Crippen molar-refractivity contribution in [3.8, 4) is 0 Å². The first kappa shape index (κ1) is 51.7. The highest BCUT2D eigenvalue weighted by Gasteiger charge is 2.44. The summed E-state index contributed by atoms with van der Waals surface area (Å²) in [5.41, 5.74) is 0. The van der Waals surface area contributed by atoms with Crippen molar-refractivity contribution < 1.29 is 39.4 Å². The molecular formula is C46H92O8. The van der Waals surface area contributed by atoms with E-state index in [2.05, 4.69) is 48.5 Å². The van der Waals surface area contributed by atoms with Gasteiger partial charge in [0, 0.05) is 13.2 Å². The Morgan fingerprint density at radius 1 is 0.463 bits per heavy atom. The van der Waals surface area contributed by atoms with Gasteiger partial charge in [0.1, 0.15) is 30.5 Å². The smallest absolute Gasteiger partial charge is 0.186 e. The molecule has 1 saturated heterocycles. The van der Waals surface area contributed by atoms with Crippen LogP contribution in [-0.2, 0) is 18.9 Å². The second-order valence-corrected chi connectivity index (χ2v) is 18.3. The van der Waals surface area contributed by atoms with E-state index in [-0.39, 0.29) is 12.7 Å². The van der Waals surface area contributed by atoms with Crippen molar-refractivity contribution in [1.82, 2.24) is 0 Å². The van der Waals surface area contributed by atoms with Crippen molar-refractivity contribution in [2.75, 3.05) is 33.0 Å². The van der Waals surface area contributed by atoms with Crippen LogP contribution in [0, 0.1) is 29.6 Å². The zero-order valence-electron chi connectivity index (χ0n) is 36.6. The standard InChI is InChI=1S/C46H92O8/c1-36(2)23-18-16-14-12-10-8-9-11-13-15-17-19-31-52-41(35-53-46-45(50)44(49)43(48)42(33-47)54-46)34-51-32-30-40(7)29-22-28-39(6)27-21-26-38(5)25-20-24-37(3)4/h36-50H,8-35H2,1-7H3. The summed E-state index contributed by atoms with van der Waals surface area (Å²) in [5, 5.41) is 40.3. The van der Waals surface area contributed by atoms with Gasteiger partial charge >= 0.3 is 0 Å². The first-order chi connectivity index (χ1) is 25.9. The molecule has 0 spiro atoms. The summed E-state index contributed by atoms with van der Waals surface area (Å²) >= 11 is 0. The lowest BCUT2D eigenvalue weighted by molar-refractivity contribution is -0.306. The molecule has 1 aliphatic rings. The van der Waals surface area contributed by atoms with Crippen LogP contribution in [0.5, 0.6) is 0 Å². The van der Waals surface area contributed by atoms with E-state index < -0.39 is 37.3 Å². The molecule has 9 unspecified atom stereocenters. The summed E-state index contributed by atoms with van der Waals surface area (Å²) in [7, 11) is 0. The van der Waals surface area contributed by atoms with Crippen LogP contribution in [0.2, 0.25) is 0 Å². The lowest BCUT2D eigenvalue weighted by atomic mass is 9.91. The van der Waals surface area contributed by atoms with Gasteiger partial charge in [0.25, 0.3) is 0 Å². The summed E-state index contributed by atoms with van der Waals surface area (Å²) in [5.74, 6) is 3.91. The fraction of sp³-hybridized carbons (Fsp3) is 1.00. The highest BCUT2D eigenvalue weighted by atomic mass is 16.7. The van der Waals surface area contributed by atoms with E-state index in [9.17, 15) is 20.4 Å². The SMILES string of the molecule is CC(C)CCCCCCCCCCCCCCOC(COCCC(C)CCCC(C)CCCC(C)CCCC(C)C)COC1OC(CO)C(O)C(O)C1O. The Kier molecular flexibility index (Phi) is 32.2. The van der Waals surface area contributed by atoms with Crippen LogP contribution in [-0.4, -0.2) is 90.3 Å². The van der Waals surface area contributed by atoms with E-state index in [1.54, 1.807) is 0 Å². The van der Waals surface area contributed by atoms with Gasteiger partial charge in [-0.3, -0.25) is 0 Å². The molecule has 0 saturated carbocycles. The quantitative estimate of drug-likeness (QED) is 0.0461. The Balaban J connectivity index is 2.31. The lowest BCUT2D eigenvalue weighted by Gasteiger charge is -2.39. The van der Waals surface area contributed by atoms with Crippen LogP contribution in [0.3, 0.4) is 0 Å². The van der Waals surface area contributed by atoms with Crippen molar-refractivity contribution in [2.24, 2.45) is 29.6 Å². The molecule has 0 aromatic heterocycles. The fourth-order valence-electron chi connectivity index (χ4n) is 7.66. The molecule has 0 aromatic rings. The first-order valence-electron chi connectivity index (χ1n) is 23.1. The number of hydrogen-bond donors (Lipinski definition) is 4. The van der Waals surface area contributed by atoms with Crippen molar-refractivity contribution in [3.63, 3.8) is 0 Å². The second-order valence-electron chi connectivity index (χ2n) is 18.3. The third kappa shape index (κ3) is 27.3. The molecule has 8 nitrogen and oxygen atoms in total. The highest BCUT2D eigenvalue weighted by Crippen LogP contribution is 2.24. The predicted molar refractivity (Wildman–Crippen MR) is 224 cm³/mol. The number of hydrogen-bond acceptors (Lipinski definition) is 8. The molecule has 0 aliphatic carbocycles. The van der Waals surface area contributed by atoms with E-state index in [0.29, 0.717) is 25.7 Å². The molecule has 1 aliphatic heterocycles. The molecule has 54 heavy (non-hydrogen) atoms. The molecule has 0 radical (unpaired) electrons. The van der Waals surface area contributed by atoms with E-state index in [1.165, 1.54) is 128 Å². The highest BCUT2D eigenvalue weighted by molar-refractivity contribution is 4.89. The average molecular weight is 773 g/mol. The number of aliphatic hydroxyl groups is 4. The summed E-state index contributed by atoms with van der Waals surface area (Å²) in [4.78, 5) is 0. The van der Waals surface area contributed by atoms with Crippen LogP contribution < -0.4 is 0 Å². The van der Waals surface area contributed by atoms with Crippen LogP contribution in [0.25, 0.3) is 0 Å². The lowest BCUT2D eigenvalue weighted by Crippen LogP contribution is -2.59. The molecule has 1 heterocycles. The van der Waals surface area contributed by atoms with Gasteiger partial charge in [-0.25, -0.2) is 0 Å². The summed E-state index contributed by atoms with van der Waals surface area (Å²) in [6.07, 6.45) is 23.1. The molecule has 324 valence electrons. The minimum atomic E-state index is -1.46. The maximum Gasteiger partial charge on any atom is 0.186 e. The third-order valence-electron chi connectivity index (χ3n) is 11.6. The molecule has 8 heteroatoms. The topological polar surface area (TPSA) is 118 Å². The van der Waals surface area contributed by atoms with Crippen molar-refractivity contribution in [2.45, 2.75) is 233 Å². The van der Waals surface area contributed by atoms with Gasteiger partial charge in [-0.15, -0.1) is 0 Å². The van der Waals surface area contributed by atoms with Gasteiger partial charge in [0.2, 0.25) is 0 Å². The number of ether oxygens (including phenoxy) is 4. The second kappa shape index (κ2) is 33.6. The van der Waals surface area contributed by atoms with Crippen LogP contribution in [0.1, 0.15) is 196 Å². The first-order valence-corrected chi connectivity index (χ1v) is 23.1. The zero-order chi connectivity index (χ0) is 40.0. The third-order valence-corrected chi connectivity index (χ3v) is 11.6. The molecule has 1 rings (SSSR count). The Morgan fingerprint density at radius 3 is 1.41 bits per heavy atom. The minimum absolute atomic E-state index is 0.116. The molecule has 0 amide bonds. The largest absolute Gasteiger partial charge is 0.394 e. The molecule has 1 fully saturated rings. The molecule has 0 bridgehead atoms. The Hall–Kier alpha value is -0.320. The van der Waals surface area contributed by atoms with Crippen LogP contribution in [0.4, 0.5) is 0 Å². The summed E-state index contributed by atoms with van der Waals surface area (Å²) in [6, 6.07) is 0. The number of rotatable bonds is 37. The Labute approximate surface area is 334 Å². The van der Waals surface area contributed by atoms with Gasteiger partial charge in [-0.1, -0.05) is 183 Å². The van der Waals surface area contributed by atoms with Crippen molar-refractivity contribution in [1.29, 1.82) is 0 Å². The van der Waals surface area contributed by atoms with E-state index >= 15 is 0 Å². The molecule has 0 aromatic carbocycles. The van der Waals surface area contributed by atoms with Gasteiger partial charge in [-0.2, -0.15) is 0 Å². The van der Waals surface area contributed by atoms with Gasteiger partial charge in [-0.05, 0) is 42.4 Å². The molecule has 9 atom stereocenters. The minimum Gasteiger partial charge on any atom is -0.394 e. The van der Waals surface area contributed by atoms with E-state index in [1.807, 2.05) is 0 Å². The van der Waals surface area contributed by atoms with Crippen molar-refractivity contribution in [3.05, 3.63) is 0 Å². The summed E-state index contributed by atoms with van der Waals surface area (Å²) < 4.78 is 23.7. The molecule has 4 N–H and O–H groups in total. The number of aliphatic hydroxyl groups excluding tert-OH is 4. The predicted octanol–water partition coefficient (Wildman–Crippen LogP) is 10.4. The average Bonchev–Trinajstić information content (AvgIpc) is 3.12. The monoisotopic (exact) mass is 773 g/mol. The van der Waals surface area contributed by atoms with Crippen LogP contribution in [0.15, 0.2) is 0 Å². The van der Waals surface area contributed by atoms with Gasteiger partial charge < -0.3 is 39.4 Å². The van der Waals surface area contributed by atoms with E-state index in [4.69, 9.17) is 18.9 Å². The normalized spacial score (nSPS) is 22.9. The van der Waals surface area contributed by atoms with Crippen molar-refractivity contribution >= 4 is 0 Å². The Morgan fingerprint density at radius 2 is 0.907 bits per heavy atom. The maximum atomic E-state index is 10.4. The maximum absolute atomic E-state index is 10.4. The Bertz CT molecular complexity index is 810. The van der Waals surface area contributed by atoms with Gasteiger partial charge in [0.15, 0.2) is 6.29 Å².